The van der Waals surface area contributed by atoms with E-state index in [0.717, 1.165) is 11.3 Å². The first-order chi connectivity index (χ1) is 8.97. The van der Waals surface area contributed by atoms with Crippen LogP contribution in [-0.4, -0.2) is 20.9 Å². The molecule has 0 bridgehead atoms. The van der Waals surface area contributed by atoms with Gasteiger partial charge in [0.15, 0.2) is 0 Å². The van der Waals surface area contributed by atoms with Gasteiger partial charge in [0, 0.05) is 12.2 Å². The summed E-state index contributed by atoms with van der Waals surface area (Å²) in [6.45, 7) is 5.93. The molecule has 2 rings (SSSR count). The van der Waals surface area contributed by atoms with E-state index in [9.17, 15) is 9.90 Å². The number of aryl methyl sites for hydroxylation is 1. The Balaban J connectivity index is 2.29. The molecule has 2 N–H and O–H groups in total. The molecule has 0 radical (unpaired) electrons. The molecule has 5 heteroatoms. The fourth-order valence-electron chi connectivity index (χ4n) is 1.78. The molecule has 0 spiro atoms. The van der Waals surface area contributed by atoms with Crippen LogP contribution in [-0.2, 0) is 0 Å². The van der Waals surface area contributed by atoms with E-state index in [4.69, 9.17) is 0 Å². The Kier molecular flexibility index (Phi) is 3.55. The van der Waals surface area contributed by atoms with Crippen molar-refractivity contribution in [3.8, 4) is 0 Å². The quantitative estimate of drug-likeness (QED) is 0.884. The van der Waals surface area contributed by atoms with E-state index < -0.39 is 5.97 Å². The smallest absolute Gasteiger partial charge is 0.337 e. The highest BCUT2D eigenvalue weighted by Gasteiger charge is 2.11. The number of aromatic nitrogens is 2. The number of anilines is 2. The van der Waals surface area contributed by atoms with Crippen LogP contribution in [0.15, 0.2) is 30.6 Å². The van der Waals surface area contributed by atoms with Crippen molar-refractivity contribution in [2.24, 2.45) is 0 Å². The fourth-order valence-corrected chi connectivity index (χ4v) is 1.78. The maximum absolute atomic E-state index is 11.2. The van der Waals surface area contributed by atoms with Crippen LogP contribution in [0.2, 0.25) is 0 Å². The predicted octanol–water partition coefficient (Wildman–Crippen LogP) is 3.21. The summed E-state index contributed by atoms with van der Waals surface area (Å²) in [5.74, 6) is -0.942. The Morgan fingerprint density at radius 1 is 1.42 bits per heavy atom. The van der Waals surface area contributed by atoms with Crippen LogP contribution in [0.5, 0.6) is 0 Å². The van der Waals surface area contributed by atoms with Crippen LogP contribution >= 0.6 is 0 Å². The number of rotatable bonds is 4. The second kappa shape index (κ2) is 5.14. The lowest BCUT2D eigenvalue weighted by atomic mass is 10.1. The average molecular weight is 259 g/mol. The van der Waals surface area contributed by atoms with Crippen LogP contribution in [0.4, 0.5) is 11.4 Å². The molecule has 0 aliphatic heterocycles. The summed E-state index contributed by atoms with van der Waals surface area (Å²) in [5.41, 5.74) is 2.53. The van der Waals surface area contributed by atoms with Crippen molar-refractivity contribution < 1.29 is 9.90 Å². The lowest BCUT2D eigenvalue weighted by Gasteiger charge is -2.08. The molecule has 100 valence electrons. The lowest BCUT2D eigenvalue weighted by Crippen LogP contribution is -2.03. The summed E-state index contributed by atoms with van der Waals surface area (Å²) in [6.07, 6.45) is 3.54. The van der Waals surface area contributed by atoms with Gasteiger partial charge in [0.1, 0.15) is 0 Å². The predicted molar refractivity (Wildman–Crippen MR) is 74.0 cm³/mol. The van der Waals surface area contributed by atoms with Gasteiger partial charge in [-0.2, -0.15) is 5.10 Å². The Labute approximate surface area is 111 Å². The molecule has 1 aromatic carbocycles. The molecule has 0 fully saturated rings. The van der Waals surface area contributed by atoms with Crippen LogP contribution in [0, 0.1) is 6.92 Å². The van der Waals surface area contributed by atoms with E-state index in [0.29, 0.717) is 5.69 Å². The van der Waals surface area contributed by atoms with Crippen LogP contribution in [0.3, 0.4) is 0 Å². The second-order valence-electron chi connectivity index (χ2n) is 4.78. The van der Waals surface area contributed by atoms with E-state index in [1.165, 1.54) is 0 Å². The van der Waals surface area contributed by atoms with Gasteiger partial charge >= 0.3 is 5.97 Å². The van der Waals surface area contributed by atoms with Crippen molar-refractivity contribution in [1.29, 1.82) is 0 Å². The van der Waals surface area contributed by atoms with E-state index in [1.807, 2.05) is 37.7 Å². The molecule has 5 nitrogen and oxygen atoms in total. The molecular weight excluding hydrogens is 242 g/mol. The molecular formula is C14H17N3O2. The molecule has 0 unspecified atom stereocenters. The number of hydrogen-bond donors (Lipinski definition) is 2. The number of hydrogen-bond acceptors (Lipinski definition) is 3. The molecule has 0 atom stereocenters. The van der Waals surface area contributed by atoms with E-state index in [1.54, 1.807) is 18.3 Å². The highest BCUT2D eigenvalue weighted by atomic mass is 16.4. The standard InChI is InChI=1S/C14H17N3O2/c1-9(2)17-8-11(7-15-17)16-13-5-4-10(3)6-12(13)14(18)19/h4-9,16H,1-3H3,(H,18,19). The van der Waals surface area contributed by atoms with Crippen molar-refractivity contribution >= 4 is 17.3 Å². The third-order valence-electron chi connectivity index (χ3n) is 2.82. The van der Waals surface area contributed by atoms with Crippen molar-refractivity contribution in [1.82, 2.24) is 9.78 Å². The Hall–Kier alpha value is -2.30. The zero-order valence-electron chi connectivity index (χ0n) is 11.2. The number of carboxylic acid groups (broad SMARTS) is 1. The minimum absolute atomic E-state index is 0.261. The van der Waals surface area contributed by atoms with Gasteiger partial charge in [0.2, 0.25) is 0 Å². The van der Waals surface area contributed by atoms with Gasteiger partial charge in [0.05, 0.1) is 23.1 Å². The van der Waals surface area contributed by atoms with Gasteiger partial charge in [-0.15, -0.1) is 0 Å². The van der Waals surface area contributed by atoms with Gasteiger partial charge in [-0.05, 0) is 32.9 Å². The number of carboxylic acids is 1. The Morgan fingerprint density at radius 2 is 2.16 bits per heavy atom. The van der Waals surface area contributed by atoms with Crippen LogP contribution in [0.25, 0.3) is 0 Å². The minimum Gasteiger partial charge on any atom is -0.478 e. The van der Waals surface area contributed by atoms with Gasteiger partial charge in [-0.25, -0.2) is 4.79 Å². The number of nitrogens with zero attached hydrogens (tertiary/aromatic N) is 2. The van der Waals surface area contributed by atoms with Crippen LogP contribution in [0.1, 0.15) is 35.8 Å². The topological polar surface area (TPSA) is 67.2 Å². The maximum atomic E-state index is 11.2. The minimum atomic E-state index is -0.942. The summed E-state index contributed by atoms with van der Waals surface area (Å²) in [4.78, 5) is 11.2. The lowest BCUT2D eigenvalue weighted by molar-refractivity contribution is 0.0698. The first kappa shape index (κ1) is 13.1. The van der Waals surface area contributed by atoms with Crippen molar-refractivity contribution in [3.05, 3.63) is 41.7 Å². The monoisotopic (exact) mass is 259 g/mol. The third kappa shape index (κ3) is 2.93. The van der Waals surface area contributed by atoms with Crippen molar-refractivity contribution in [3.63, 3.8) is 0 Å². The summed E-state index contributed by atoms with van der Waals surface area (Å²) in [5, 5.41) is 16.5. The van der Waals surface area contributed by atoms with Crippen molar-refractivity contribution in [2.45, 2.75) is 26.8 Å². The number of carbonyl (C=O) groups is 1. The Bertz CT molecular complexity index is 602. The fraction of sp³-hybridized carbons (Fsp3) is 0.286. The average Bonchev–Trinajstić information content (AvgIpc) is 2.80. The first-order valence-electron chi connectivity index (χ1n) is 6.12. The van der Waals surface area contributed by atoms with Gasteiger partial charge < -0.3 is 10.4 Å². The largest absolute Gasteiger partial charge is 0.478 e. The Morgan fingerprint density at radius 3 is 2.74 bits per heavy atom. The summed E-state index contributed by atoms with van der Waals surface area (Å²) >= 11 is 0. The molecule has 2 aromatic rings. The molecule has 0 aliphatic rings. The SMILES string of the molecule is Cc1ccc(Nc2cnn(C(C)C)c2)c(C(=O)O)c1. The third-order valence-corrected chi connectivity index (χ3v) is 2.82. The second-order valence-corrected chi connectivity index (χ2v) is 4.78. The maximum Gasteiger partial charge on any atom is 0.337 e. The van der Waals surface area contributed by atoms with Crippen LogP contribution < -0.4 is 5.32 Å². The van der Waals surface area contributed by atoms with Gasteiger partial charge in [0.25, 0.3) is 0 Å². The zero-order valence-corrected chi connectivity index (χ0v) is 11.2. The number of benzene rings is 1. The molecule has 0 saturated heterocycles. The molecule has 1 heterocycles. The number of aromatic carboxylic acids is 1. The normalized spacial score (nSPS) is 10.7. The summed E-state index contributed by atoms with van der Waals surface area (Å²) in [7, 11) is 0. The van der Waals surface area contributed by atoms with Gasteiger partial charge in [-0.1, -0.05) is 11.6 Å². The summed E-state index contributed by atoms with van der Waals surface area (Å²) < 4.78 is 1.82. The molecule has 0 saturated carbocycles. The summed E-state index contributed by atoms with van der Waals surface area (Å²) in [6, 6.07) is 5.57. The van der Waals surface area contributed by atoms with E-state index >= 15 is 0 Å². The highest BCUT2D eigenvalue weighted by molar-refractivity contribution is 5.95. The van der Waals surface area contributed by atoms with E-state index in [-0.39, 0.29) is 11.6 Å². The van der Waals surface area contributed by atoms with Gasteiger partial charge in [-0.3, -0.25) is 4.68 Å². The van der Waals surface area contributed by atoms with E-state index in [2.05, 4.69) is 10.4 Å². The highest BCUT2D eigenvalue weighted by Crippen LogP contribution is 2.22. The molecule has 1 aromatic heterocycles. The van der Waals surface area contributed by atoms with Crippen molar-refractivity contribution in [2.75, 3.05) is 5.32 Å². The molecule has 19 heavy (non-hydrogen) atoms. The number of nitrogens with one attached hydrogen (secondary N) is 1. The molecule has 0 amide bonds. The first-order valence-corrected chi connectivity index (χ1v) is 6.12. The zero-order chi connectivity index (χ0) is 14.0. The molecule has 0 aliphatic carbocycles.